The van der Waals surface area contributed by atoms with Crippen molar-refractivity contribution in [3.8, 4) is 5.75 Å². The lowest BCUT2D eigenvalue weighted by Gasteiger charge is -2.23. The number of amides is 1. The molecule has 0 spiro atoms. The molecule has 6 N–H and O–H groups in total. The van der Waals surface area contributed by atoms with E-state index in [4.69, 9.17) is 14.8 Å². The van der Waals surface area contributed by atoms with Crippen LogP contribution in [0.25, 0.3) is 11.2 Å². The number of anilines is 1. The molecule has 4 atom stereocenters. The Morgan fingerprint density at radius 1 is 0.982 bits per heavy atom. The molecule has 1 unspecified atom stereocenters. The van der Waals surface area contributed by atoms with Crippen LogP contribution in [0.15, 0.2) is 127 Å². The number of para-hydroxylation sites is 1. The number of rotatable bonds is 24. The van der Waals surface area contributed by atoms with Crippen molar-refractivity contribution in [1.82, 2.24) is 29.9 Å². The zero-order chi connectivity index (χ0) is 40.0. The molecule has 4 rings (SSSR count). The number of aromatic nitrogens is 4. The molecule has 13 nitrogen and oxygen atoms in total. The molecule has 56 heavy (non-hydrogen) atoms. The molecule has 3 aromatic rings. The van der Waals surface area contributed by atoms with Crippen LogP contribution in [0.4, 0.5) is 5.95 Å². The Morgan fingerprint density at radius 3 is 2.21 bits per heavy atom. The summed E-state index contributed by atoms with van der Waals surface area (Å²) in [4.78, 5) is 35.5. The second kappa shape index (κ2) is 23.8. The Kier molecular flexibility index (Phi) is 18.5. The first-order chi connectivity index (χ1) is 27.2. The number of carbonyl (C=O) groups is 1. The fourth-order valence-corrected chi connectivity index (χ4v) is 7.31. The fourth-order valence-electron chi connectivity index (χ4n) is 5.96. The van der Waals surface area contributed by atoms with E-state index >= 15 is 0 Å². The summed E-state index contributed by atoms with van der Waals surface area (Å²) in [5.74, 6) is -0.474. The first-order valence-corrected chi connectivity index (χ1v) is 20.7. The molecule has 1 amide bonds. The highest BCUT2D eigenvalue weighted by Gasteiger charge is 2.40. The van der Waals surface area contributed by atoms with Crippen LogP contribution < -0.4 is 26.2 Å². The summed E-state index contributed by atoms with van der Waals surface area (Å²) in [7, 11) is -3.97. The third-order valence-corrected chi connectivity index (χ3v) is 10.5. The van der Waals surface area contributed by atoms with E-state index in [0.29, 0.717) is 24.2 Å². The quantitative estimate of drug-likeness (QED) is 0.0345. The van der Waals surface area contributed by atoms with Crippen LogP contribution in [-0.2, 0) is 13.9 Å². The number of nitrogens with two attached hydrogens (primary N) is 1. The van der Waals surface area contributed by atoms with Crippen LogP contribution in [0.5, 0.6) is 5.75 Å². The van der Waals surface area contributed by atoms with Crippen molar-refractivity contribution in [1.29, 1.82) is 0 Å². The lowest BCUT2D eigenvalue weighted by atomic mass is 10.0. The summed E-state index contributed by atoms with van der Waals surface area (Å²) in [6.07, 6.45) is 33.1. The average molecular weight is 786 g/mol. The third-order valence-electron chi connectivity index (χ3n) is 8.90. The highest BCUT2D eigenvalue weighted by atomic mass is 31.2. The van der Waals surface area contributed by atoms with Gasteiger partial charge in [0, 0.05) is 25.4 Å². The van der Waals surface area contributed by atoms with Crippen molar-refractivity contribution in [2.75, 3.05) is 25.4 Å². The molecule has 1 aliphatic carbocycles. The number of H-pyrrole nitrogens is 1. The summed E-state index contributed by atoms with van der Waals surface area (Å²) >= 11 is 0. The molecule has 1 aromatic carbocycles. The monoisotopic (exact) mass is 785 g/mol. The minimum Gasteiger partial charge on any atom is -0.413 e. The average Bonchev–Trinajstić information content (AvgIpc) is 3.72. The van der Waals surface area contributed by atoms with Gasteiger partial charge in [0.1, 0.15) is 5.75 Å². The number of aliphatic hydroxyl groups excluding tert-OH is 1. The second-order valence-corrected chi connectivity index (χ2v) is 14.9. The van der Waals surface area contributed by atoms with Gasteiger partial charge in [-0.15, -0.1) is 0 Å². The molecule has 300 valence electrons. The topological polar surface area (TPSA) is 186 Å². The molecule has 1 saturated carbocycles. The van der Waals surface area contributed by atoms with Crippen LogP contribution in [0.3, 0.4) is 0 Å². The van der Waals surface area contributed by atoms with Crippen molar-refractivity contribution >= 4 is 30.8 Å². The maximum absolute atomic E-state index is 13.9. The lowest BCUT2D eigenvalue weighted by Crippen LogP contribution is -2.32. The largest absolute Gasteiger partial charge is 0.458 e. The Bertz CT molecular complexity index is 1980. The van der Waals surface area contributed by atoms with Gasteiger partial charge in [0.2, 0.25) is 11.9 Å². The van der Waals surface area contributed by atoms with E-state index in [1.165, 1.54) is 6.33 Å². The number of fused-ring (bicyclic) bond motifs is 1. The van der Waals surface area contributed by atoms with E-state index in [0.717, 1.165) is 38.5 Å². The van der Waals surface area contributed by atoms with E-state index in [9.17, 15) is 19.3 Å². The zero-order valence-corrected chi connectivity index (χ0v) is 33.1. The van der Waals surface area contributed by atoms with Gasteiger partial charge in [0.15, 0.2) is 11.2 Å². The van der Waals surface area contributed by atoms with Crippen LogP contribution in [0.2, 0.25) is 0 Å². The number of hydrogen-bond acceptors (Lipinski definition) is 9. The van der Waals surface area contributed by atoms with Crippen molar-refractivity contribution in [3.63, 3.8) is 0 Å². The number of allylic oxidation sites excluding steroid dienone is 12. The SMILES string of the molecule is C=C1[C@H](COP(=O)(NCCNC(=O)CC/C=C\C/C=C\C/C=C\C/C=C\C/C=C\C/C=C\CC)Oc2ccccc2)[C@@H](O)C[C@@H]1n1cnc2c(=O)[nH]c(N)nc21. The smallest absolute Gasteiger partial charge is 0.413 e. The molecular formula is C42H56N7O6P. The van der Waals surface area contributed by atoms with Gasteiger partial charge >= 0.3 is 7.75 Å². The highest BCUT2D eigenvalue weighted by Crippen LogP contribution is 2.47. The fraction of sp³-hybridized carbons (Fsp3) is 0.381. The van der Waals surface area contributed by atoms with Crippen molar-refractivity contribution in [2.45, 2.75) is 76.9 Å². The number of hydrogen-bond donors (Lipinski definition) is 5. The molecule has 2 aromatic heterocycles. The van der Waals surface area contributed by atoms with Crippen LogP contribution in [-0.4, -0.2) is 56.3 Å². The Hall–Kier alpha value is -5.07. The van der Waals surface area contributed by atoms with Crippen molar-refractivity contribution in [3.05, 3.63) is 132 Å². The van der Waals surface area contributed by atoms with Gasteiger partial charge in [-0.3, -0.25) is 19.1 Å². The first kappa shape index (κ1) is 43.7. The van der Waals surface area contributed by atoms with Crippen LogP contribution >= 0.6 is 7.75 Å². The van der Waals surface area contributed by atoms with E-state index in [-0.39, 0.29) is 49.1 Å². The Labute approximate surface area is 329 Å². The maximum Gasteiger partial charge on any atom is 0.458 e. The molecule has 2 heterocycles. The molecule has 0 bridgehead atoms. The maximum atomic E-state index is 13.9. The molecule has 1 fully saturated rings. The summed E-state index contributed by atoms with van der Waals surface area (Å²) < 4.78 is 27.3. The summed E-state index contributed by atoms with van der Waals surface area (Å²) in [5.41, 5.74) is 6.26. The number of carbonyl (C=O) groups excluding carboxylic acids is 1. The molecular weight excluding hydrogens is 729 g/mol. The second-order valence-electron chi connectivity index (χ2n) is 13.2. The number of nitrogens with one attached hydrogen (secondary N) is 3. The van der Waals surface area contributed by atoms with E-state index in [1.807, 2.05) is 12.2 Å². The van der Waals surface area contributed by atoms with E-state index < -0.39 is 31.4 Å². The highest BCUT2D eigenvalue weighted by molar-refractivity contribution is 7.52. The third kappa shape index (κ3) is 14.5. The Morgan fingerprint density at radius 2 is 1.59 bits per heavy atom. The van der Waals surface area contributed by atoms with Crippen LogP contribution in [0.1, 0.15) is 70.8 Å². The van der Waals surface area contributed by atoms with Crippen molar-refractivity contribution in [2.24, 2.45) is 5.92 Å². The number of imidazole rings is 1. The van der Waals surface area contributed by atoms with Gasteiger partial charge in [-0.05, 0) is 69.1 Å². The number of aliphatic hydroxyl groups is 1. The van der Waals surface area contributed by atoms with E-state index in [1.54, 1.807) is 34.9 Å². The Balaban J connectivity index is 1.15. The lowest BCUT2D eigenvalue weighted by molar-refractivity contribution is -0.120. The number of benzene rings is 1. The molecule has 0 aliphatic heterocycles. The van der Waals surface area contributed by atoms with Gasteiger partial charge in [0.25, 0.3) is 5.56 Å². The van der Waals surface area contributed by atoms with Crippen LogP contribution in [0, 0.1) is 5.92 Å². The molecule has 1 aliphatic rings. The predicted octanol–water partition coefficient (Wildman–Crippen LogP) is 7.57. The molecule has 14 heteroatoms. The van der Waals surface area contributed by atoms with Crippen molar-refractivity contribution < 1.29 is 23.5 Å². The first-order valence-electron chi connectivity index (χ1n) is 19.2. The van der Waals surface area contributed by atoms with Gasteiger partial charge in [-0.1, -0.05) is 105 Å². The number of nitrogen functional groups attached to an aromatic ring is 1. The minimum absolute atomic E-state index is 0.0561. The van der Waals surface area contributed by atoms with Gasteiger partial charge < -0.3 is 25.2 Å². The summed E-state index contributed by atoms with van der Waals surface area (Å²) in [5, 5.41) is 16.7. The summed E-state index contributed by atoms with van der Waals surface area (Å²) in [6.45, 7) is 6.45. The molecule has 0 radical (unpaired) electrons. The van der Waals surface area contributed by atoms with E-state index in [2.05, 4.69) is 99.6 Å². The number of nitrogens with zero attached hydrogens (tertiary/aromatic N) is 3. The standard InChI is InChI=1S/C42H56N7O6P/c1-3-4-5-6-7-8-9-10-11-12-13-14-15-16-17-18-19-20-24-27-38(51)44-28-29-46-56(53,55-34-25-22-21-23-26-34)54-31-35-33(2)36(30-37(35)50)49-32-45-39-40(49)47-42(43)48-41(39)52/h4-5,7-8,10-11,13-14,16-17,19-23,25-26,32,35-37,50H,2-3,6,9,12,15,18,24,27-31H2,1H3,(H,44,51)(H,46,53)(H3,43,47,48,52)/b5-4-,8-7-,11-10-,14-13-,17-16-,20-19-/t35-,36-,37-,56?/m0/s1. The summed E-state index contributed by atoms with van der Waals surface area (Å²) in [6, 6.07) is 8.13. The zero-order valence-electron chi connectivity index (χ0n) is 32.2. The van der Waals surface area contributed by atoms with Gasteiger partial charge in [-0.25, -0.2) is 14.6 Å². The van der Waals surface area contributed by atoms with Gasteiger partial charge in [-0.2, -0.15) is 4.98 Å². The van der Waals surface area contributed by atoms with Gasteiger partial charge in [0.05, 0.1) is 25.1 Å². The normalized spacial score (nSPS) is 18.9. The molecule has 0 saturated heterocycles. The number of aromatic amines is 1. The minimum atomic E-state index is -3.97. The predicted molar refractivity (Wildman–Crippen MR) is 224 cm³/mol.